The summed E-state index contributed by atoms with van der Waals surface area (Å²) >= 11 is 1.62. The van der Waals surface area contributed by atoms with E-state index < -0.39 is 6.04 Å². The van der Waals surface area contributed by atoms with Gasteiger partial charge in [-0.1, -0.05) is 0 Å². The van der Waals surface area contributed by atoms with Crippen molar-refractivity contribution >= 4 is 17.2 Å². The minimum Gasteiger partial charge on any atom is -0.385 e. The Morgan fingerprint density at radius 3 is 3.06 bits per heavy atom. The van der Waals surface area contributed by atoms with Crippen LogP contribution in [0.4, 0.5) is 0 Å². The Kier molecular flexibility index (Phi) is 6.85. The zero-order chi connectivity index (χ0) is 13.4. The summed E-state index contributed by atoms with van der Waals surface area (Å²) in [6, 6.07) is -0.447. The Hall–Kier alpha value is -0.980. The number of hydrogen-bond donors (Lipinski definition) is 2. The molecule has 1 rings (SSSR count). The zero-order valence-electron chi connectivity index (χ0n) is 10.9. The predicted molar refractivity (Wildman–Crippen MR) is 72.7 cm³/mol. The van der Waals surface area contributed by atoms with Crippen LogP contribution in [0.25, 0.3) is 0 Å². The molecule has 3 N–H and O–H groups in total. The number of thiazole rings is 1. The molecule has 0 saturated heterocycles. The molecule has 0 aliphatic heterocycles. The van der Waals surface area contributed by atoms with Crippen LogP contribution >= 0.6 is 11.3 Å². The molecule has 1 aromatic heterocycles. The van der Waals surface area contributed by atoms with E-state index in [2.05, 4.69) is 10.3 Å². The van der Waals surface area contributed by atoms with Crippen LogP contribution in [-0.4, -0.2) is 37.2 Å². The molecule has 0 radical (unpaired) electrons. The summed E-state index contributed by atoms with van der Waals surface area (Å²) in [4.78, 5) is 16.0. The van der Waals surface area contributed by atoms with Gasteiger partial charge in [-0.25, -0.2) is 4.98 Å². The lowest BCUT2D eigenvalue weighted by Crippen LogP contribution is -2.41. The van der Waals surface area contributed by atoms with Gasteiger partial charge in [0.1, 0.15) is 0 Å². The van der Waals surface area contributed by atoms with Gasteiger partial charge in [-0.05, 0) is 19.8 Å². The van der Waals surface area contributed by atoms with Gasteiger partial charge in [0.05, 0.1) is 16.7 Å². The first kappa shape index (κ1) is 15.1. The summed E-state index contributed by atoms with van der Waals surface area (Å²) in [7, 11) is 1.64. The molecule has 0 spiro atoms. The van der Waals surface area contributed by atoms with Gasteiger partial charge in [0.2, 0.25) is 5.91 Å². The van der Waals surface area contributed by atoms with Crippen LogP contribution in [0, 0.1) is 6.92 Å². The molecular weight excluding hydrogens is 250 g/mol. The smallest absolute Gasteiger partial charge is 0.236 e. The van der Waals surface area contributed by atoms with E-state index in [1.165, 1.54) is 0 Å². The molecule has 0 fully saturated rings. The maximum absolute atomic E-state index is 11.6. The number of aromatic nitrogens is 1. The number of methoxy groups -OCH3 is 1. The van der Waals surface area contributed by atoms with Crippen molar-refractivity contribution in [1.29, 1.82) is 0 Å². The monoisotopic (exact) mass is 271 g/mol. The Bertz CT molecular complexity index is 368. The van der Waals surface area contributed by atoms with Gasteiger partial charge < -0.3 is 15.8 Å². The Balaban J connectivity index is 2.16. The Labute approximate surface area is 112 Å². The number of carbonyl (C=O) groups excluding carboxylic acids is 1. The normalized spacial score (nSPS) is 12.4. The van der Waals surface area contributed by atoms with Gasteiger partial charge in [-0.15, -0.1) is 11.3 Å². The topological polar surface area (TPSA) is 77.2 Å². The molecule has 6 heteroatoms. The Morgan fingerprint density at radius 2 is 2.44 bits per heavy atom. The molecule has 0 bridgehead atoms. The Morgan fingerprint density at radius 1 is 1.67 bits per heavy atom. The van der Waals surface area contributed by atoms with Crippen molar-refractivity contribution in [3.63, 3.8) is 0 Å². The van der Waals surface area contributed by atoms with E-state index in [9.17, 15) is 4.79 Å². The van der Waals surface area contributed by atoms with E-state index >= 15 is 0 Å². The quantitative estimate of drug-likeness (QED) is 0.688. The van der Waals surface area contributed by atoms with Crippen molar-refractivity contribution in [3.8, 4) is 0 Å². The number of nitrogens with one attached hydrogen (secondary N) is 1. The second-order valence-corrected chi connectivity index (χ2v) is 5.20. The molecule has 1 heterocycles. The molecule has 0 aliphatic rings. The lowest BCUT2D eigenvalue weighted by Gasteiger charge is -2.11. The molecule has 18 heavy (non-hydrogen) atoms. The highest BCUT2D eigenvalue weighted by molar-refractivity contribution is 7.09. The second kappa shape index (κ2) is 8.18. The van der Waals surface area contributed by atoms with Crippen molar-refractivity contribution in [2.75, 3.05) is 20.3 Å². The van der Waals surface area contributed by atoms with Crippen molar-refractivity contribution in [2.45, 2.75) is 32.2 Å². The van der Waals surface area contributed by atoms with Crippen LogP contribution in [0.3, 0.4) is 0 Å². The second-order valence-electron chi connectivity index (χ2n) is 4.14. The first-order chi connectivity index (χ1) is 8.63. The molecule has 102 valence electrons. The number of aryl methyl sites for hydroxylation is 1. The van der Waals surface area contributed by atoms with E-state index in [0.29, 0.717) is 19.6 Å². The lowest BCUT2D eigenvalue weighted by atomic mass is 10.1. The van der Waals surface area contributed by atoms with Crippen LogP contribution in [0.1, 0.15) is 23.5 Å². The van der Waals surface area contributed by atoms with Crippen molar-refractivity contribution in [2.24, 2.45) is 5.73 Å². The van der Waals surface area contributed by atoms with Crippen LogP contribution in [0.15, 0.2) is 5.38 Å². The lowest BCUT2D eigenvalue weighted by molar-refractivity contribution is -0.122. The van der Waals surface area contributed by atoms with Crippen LogP contribution in [0.5, 0.6) is 0 Å². The van der Waals surface area contributed by atoms with Crippen LogP contribution in [-0.2, 0) is 16.0 Å². The van der Waals surface area contributed by atoms with Gasteiger partial charge >= 0.3 is 0 Å². The molecular formula is C12H21N3O2S. The number of hydrogen-bond acceptors (Lipinski definition) is 5. The van der Waals surface area contributed by atoms with Gasteiger partial charge in [0.25, 0.3) is 0 Å². The minimum atomic E-state index is -0.447. The first-order valence-electron chi connectivity index (χ1n) is 6.06. The van der Waals surface area contributed by atoms with Gasteiger partial charge in [0, 0.05) is 32.1 Å². The number of rotatable bonds is 8. The highest BCUT2D eigenvalue weighted by atomic mass is 32.1. The average Bonchev–Trinajstić information content (AvgIpc) is 2.75. The third-order valence-corrected chi connectivity index (χ3v) is 3.37. The number of ether oxygens (including phenoxy) is 1. The average molecular weight is 271 g/mol. The highest BCUT2D eigenvalue weighted by Gasteiger charge is 2.12. The fourth-order valence-electron chi connectivity index (χ4n) is 1.55. The molecule has 1 atom stereocenters. The third kappa shape index (κ3) is 5.57. The fourth-order valence-corrected chi connectivity index (χ4v) is 2.19. The molecule has 0 saturated carbocycles. The number of amides is 1. The SMILES string of the molecule is COCCCC(N)C(=O)NCCc1csc(C)n1. The van der Waals surface area contributed by atoms with E-state index in [-0.39, 0.29) is 5.91 Å². The number of carbonyl (C=O) groups is 1. The zero-order valence-corrected chi connectivity index (χ0v) is 11.8. The standard InChI is InChI=1S/C12H21N3O2S/c1-9-15-10(8-18-9)5-6-14-12(16)11(13)4-3-7-17-2/h8,11H,3-7,13H2,1-2H3,(H,14,16). The van der Waals surface area contributed by atoms with E-state index in [0.717, 1.165) is 23.5 Å². The largest absolute Gasteiger partial charge is 0.385 e. The summed E-state index contributed by atoms with van der Waals surface area (Å²) < 4.78 is 4.92. The van der Waals surface area contributed by atoms with Crippen molar-refractivity contribution in [3.05, 3.63) is 16.1 Å². The van der Waals surface area contributed by atoms with Gasteiger partial charge in [-0.3, -0.25) is 4.79 Å². The van der Waals surface area contributed by atoms with Gasteiger partial charge in [-0.2, -0.15) is 0 Å². The fraction of sp³-hybridized carbons (Fsp3) is 0.667. The van der Waals surface area contributed by atoms with Crippen molar-refractivity contribution < 1.29 is 9.53 Å². The maximum Gasteiger partial charge on any atom is 0.236 e. The summed E-state index contributed by atoms with van der Waals surface area (Å²) in [6.07, 6.45) is 2.20. The number of nitrogens with zero attached hydrogens (tertiary/aromatic N) is 1. The predicted octanol–water partition coefficient (Wildman–Crippen LogP) is 0.864. The van der Waals surface area contributed by atoms with Crippen LogP contribution < -0.4 is 11.1 Å². The summed E-state index contributed by atoms with van der Waals surface area (Å²) in [5, 5.41) is 5.89. The minimum absolute atomic E-state index is 0.0990. The molecule has 0 aliphatic carbocycles. The summed E-state index contributed by atoms with van der Waals surface area (Å²) in [6.45, 7) is 3.19. The third-order valence-electron chi connectivity index (χ3n) is 2.55. The first-order valence-corrected chi connectivity index (χ1v) is 6.94. The molecule has 1 unspecified atom stereocenters. The van der Waals surface area contributed by atoms with E-state index in [1.807, 2.05) is 12.3 Å². The van der Waals surface area contributed by atoms with Gasteiger partial charge in [0.15, 0.2) is 0 Å². The van der Waals surface area contributed by atoms with Crippen molar-refractivity contribution in [1.82, 2.24) is 10.3 Å². The highest BCUT2D eigenvalue weighted by Crippen LogP contribution is 2.07. The number of nitrogens with two attached hydrogens (primary N) is 1. The molecule has 1 amide bonds. The van der Waals surface area contributed by atoms with E-state index in [4.69, 9.17) is 10.5 Å². The summed E-state index contributed by atoms with van der Waals surface area (Å²) in [5.41, 5.74) is 6.78. The molecule has 5 nitrogen and oxygen atoms in total. The van der Waals surface area contributed by atoms with E-state index in [1.54, 1.807) is 18.4 Å². The maximum atomic E-state index is 11.6. The molecule has 0 aromatic carbocycles. The summed E-state index contributed by atoms with van der Waals surface area (Å²) in [5.74, 6) is -0.0990. The van der Waals surface area contributed by atoms with Crippen LogP contribution in [0.2, 0.25) is 0 Å². The molecule has 1 aromatic rings.